The first-order chi connectivity index (χ1) is 12.8. The average molecular weight is 336 g/mol. The highest BCUT2D eigenvalue weighted by atomic mass is 16.5. The normalized spacial score (nSPS) is 10.5. The molecule has 0 fully saturated rings. The quantitative estimate of drug-likeness (QED) is 0.385. The zero-order valence-corrected chi connectivity index (χ0v) is 14.7. The number of benzene rings is 4. The van der Waals surface area contributed by atoms with Gasteiger partial charge in [0.15, 0.2) is 0 Å². The fourth-order valence-corrected chi connectivity index (χ4v) is 3.17. The van der Waals surface area contributed by atoms with Gasteiger partial charge in [-0.2, -0.15) is 0 Å². The molecule has 0 amide bonds. The number of para-hydroxylation sites is 1. The van der Waals surface area contributed by atoms with Gasteiger partial charge in [0.2, 0.25) is 0 Å². The predicted molar refractivity (Wildman–Crippen MR) is 109 cm³/mol. The minimum Gasteiger partial charge on any atom is -0.456 e. The van der Waals surface area contributed by atoms with Crippen LogP contribution < -0.4 is 4.74 Å². The van der Waals surface area contributed by atoms with E-state index in [1.807, 2.05) is 42.5 Å². The number of rotatable bonds is 4. The van der Waals surface area contributed by atoms with Gasteiger partial charge in [0, 0.05) is 5.56 Å². The van der Waals surface area contributed by atoms with E-state index in [0.29, 0.717) is 0 Å². The van der Waals surface area contributed by atoms with Gasteiger partial charge in [-0.3, -0.25) is 0 Å². The summed E-state index contributed by atoms with van der Waals surface area (Å²) in [7, 11) is 0. The Hall–Kier alpha value is -3.32. The maximum absolute atomic E-state index is 6.36. The molecule has 1 heteroatoms. The largest absolute Gasteiger partial charge is 0.456 e. The van der Waals surface area contributed by atoms with E-state index in [9.17, 15) is 0 Å². The first-order valence-corrected chi connectivity index (χ1v) is 8.80. The smallest absolute Gasteiger partial charge is 0.138 e. The van der Waals surface area contributed by atoms with Crippen LogP contribution in [0, 0.1) is 6.92 Å². The summed E-state index contributed by atoms with van der Waals surface area (Å²) in [4.78, 5) is 0. The van der Waals surface area contributed by atoms with Crippen molar-refractivity contribution in [2.45, 2.75) is 6.92 Å². The Bertz CT molecular complexity index is 990. The number of ether oxygens (including phenoxy) is 1. The Labute approximate surface area is 154 Å². The van der Waals surface area contributed by atoms with Crippen molar-refractivity contribution in [3.05, 3.63) is 109 Å². The van der Waals surface area contributed by atoms with Crippen molar-refractivity contribution in [2.75, 3.05) is 0 Å². The average Bonchev–Trinajstić information content (AvgIpc) is 2.71. The molecule has 0 aliphatic carbocycles. The molecular formula is C25H20O. The van der Waals surface area contributed by atoms with E-state index >= 15 is 0 Å². The molecule has 0 atom stereocenters. The topological polar surface area (TPSA) is 9.23 Å². The molecule has 0 aromatic heterocycles. The molecule has 0 radical (unpaired) electrons. The molecule has 126 valence electrons. The van der Waals surface area contributed by atoms with Gasteiger partial charge in [-0.15, -0.1) is 0 Å². The van der Waals surface area contributed by atoms with Crippen molar-refractivity contribution in [3.63, 3.8) is 0 Å². The first kappa shape index (κ1) is 16.2. The van der Waals surface area contributed by atoms with Crippen LogP contribution >= 0.6 is 0 Å². The Balaban J connectivity index is 1.95. The summed E-state index contributed by atoms with van der Waals surface area (Å²) in [5, 5.41) is 0. The summed E-state index contributed by atoms with van der Waals surface area (Å²) in [6.45, 7) is 2.10. The Morgan fingerprint density at radius 3 is 1.69 bits per heavy atom. The van der Waals surface area contributed by atoms with Crippen molar-refractivity contribution in [3.8, 4) is 33.8 Å². The van der Waals surface area contributed by atoms with E-state index in [1.165, 1.54) is 11.1 Å². The summed E-state index contributed by atoms with van der Waals surface area (Å²) in [6, 6.07) is 35.2. The SMILES string of the molecule is Cc1ccc(-c2ccccc2)c(-c2ccccc2)c1Oc1ccccc1. The van der Waals surface area contributed by atoms with Gasteiger partial charge < -0.3 is 4.74 Å². The fraction of sp³-hybridized carbons (Fsp3) is 0.0400. The highest BCUT2D eigenvalue weighted by molar-refractivity contribution is 5.88. The molecule has 4 rings (SSSR count). The van der Waals surface area contributed by atoms with E-state index in [4.69, 9.17) is 4.74 Å². The minimum atomic E-state index is 0.845. The minimum absolute atomic E-state index is 0.845. The lowest BCUT2D eigenvalue weighted by atomic mass is 9.92. The van der Waals surface area contributed by atoms with Crippen molar-refractivity contribution < 1.29 is 4.74 Å². The summed E-state index contributed by atoms with van der Waals surface area (Å²) in [5.41, 5.74) is 5.76. The second-order valence-electron chi connectivity index (χ2n) is 6.28. The summed E-state index contributed by atoms with van der Waals surface area (Å²) in [6.07, 6.45) is 0. The molecule has 0 bridgehead atoms. The van der Waals surface area contributed by atoms with Crippen LogP contribution in [0.4, 0.5) is 0 Å². The first-order valence-electron chi connectivity index (χ1n) is 8.80. The third-order valence-electron chi connectivity index (χ3n) is 4.46. The highest BCUT2D eigenvalue weighted by Crippen LogP contribution is 2.43. The van der Waals surface area contributed by atoms with Gasteiger partial charge in [0.05, 0.1) is 0 Å². The van der Waals surface area contributed by atoms with E-state index in [-0.39, 0.29) is 0 Å². The Kier molecular flexibility index (Phi) is 4.53. The van der Waals surface area contributed by atoms with Gasteiger partial charge in [-0.25, -0.2) is 0 Å². The van der Waals surface area contributed by atoms with Crippen molar-refractivity contribution in [2.24, 2.45) is 0 Å². The Morgan fingerprint density at radius 1 is 0.538 bits per heavy atom. The van der Waals surface area contributed by atoms with E-state index in [2.05, 4.69) is 67.6 Å². The molecule has 0 heterocycles. The maximum Gasteiger partial charge on any atom is 0.138 e. The lowest BCUT2D eigenvalue weighted by Crippen LogP contribution is -1.95. The van der Waals surface area contributed by atoms with Crippen LogP contribution in [-0.2, 0) is 0 Å². The van der Waals surface area contributed by atoms with Gasteiger partial charge in [0.25, 0.3) is 0 Å². The zero-order chi connectivity index (χ0) is 17.8. The van der Waals surface area contributed by atoms with E-state index < -0.39 is 0 Å². The molecule has 0 saturated heterocycles. The van der Waals surface area contributed by atoms with Crippen LogP contribution in [0.1, 0.15) is 5.56 Å². The van der Waals surface area contributed by atoms with Crippen molar-refractivity contribution in [1.29, 1.82) is 0 Å². The van der Waals surface area contributed by atoms with Crippen LogP contribution in [0.3, 0.4) is 0 Å². The van der Waals surface area contributed by atoms with Crippen molar-refractivity contribution in [1.82, 2.24) is 0 Å². The van der Waals surface area contributed by atoms with Crippen LogP contribution in [0.2, 0.25) is 0 Å². The fourth-order valence-electron chi connectivity index (χ4n) is 3.17. The lowest BCUT2D eigenvalue weighted by molar-refractivity contribution is 0.481. The molecule has 0 aliphatic rings. The van der Waals surface area contributed by atoms with Gasteiger partial charge >= 0.3 is 0 Å². The van der Waals surface area contributed by atoms with E-state index in [1.54, 1.807) is 0 Å². The lowest BCUT2D eigenvalue weighted by Gasteiger charge is -2.18. The molecular weight excluding hydrogens is 316 g/mol. The number of hydrogen-bond acceptors (Lipinski definition) is 1. The third kappa shape index (κ3) is 3.25. The van der Waals surface area contributed by atoms with Crippen molar-refractivity contribution >= 4 is 0 Å². The molecule has 4 aromatic carbocycles. The molecule has 4 aromatic rings. The molecule has 0 aliphatic heterocycles. The van der Waals surface area contributed by atoms with Gasteiger partial charge in [0.1, 0.15) is 11.5 Å². The zero-order valence-electron chi connectivity index (χ0n) is 14.7. The molecule has 0 saturated carbocycles. The summed E-state index contributed by atoms with van der Waals surface area (Å²) >= 11 is 0. The summed E-state index contributed by atoms with van der Waals surface area (Å²) in [5.74, 6) is 1.75. The molecule has 0 spiro atoms. The van der Waals surface area contributed by atoms with Gasteiger partial charge in [-0.1, -0.05) is 91.0 Å². The third-order valence-corrected chi connectivity index (χ3v) is 4.46. The van der Waals surface area contributed by atoms with Crippen LogP contribution in [0.5, 0.6) is 11.5 Å². The molecule has 0 unspecified atom stereocenters. The standard InChI is InChI=1S/C25H20O/c1-19-17-18-23(20-11-5-2-6-12-20)24(21-13-7-3-8-14-21)25(19)26-22-15-9-4-10-16-22/h2-18H,1H3. The maximum atomic E-state index is 6.36. The monoisotopic (exact) mass is 336 g/mol. The highest BCUT2D eigenvalue weighted by Gasteiger charge is 2.16. The predicted octanol–water partition coefficient (Wildman–Crippen LogP) is 7.12. The second-order valence-corrected chi connectivity index (χ2v) is 6.28. The number of aryl methyl sites for hydroxylation is 1. The second kappa shape index (κ2) is 7.28. The van der Waals surface area contributed by atoms with E-state index in [0.717, 1.165) is 28.2 Å². The number of hydrogen-bond donors (Lipinski definition) is 0. The molecule has 26 heavy (non-hydrogen) atoms. The molecule has 0 N–H and O–H groups in total. The summed E-state index contributed by atoms with van der Waals surface area (Å²) < 4.78 is 6.36. The van der Waals surface area contributed by atoms with Crippen LogP contribution in [0.15, 0.2) is 103 Å². The van der Waals surface area contributed by atoms with Crippen LogP contribution in [0.25, 0.3) is 22.3 Å². The van der Waals surface area contributed by atoms with Gasteiger partial charge in [-0.05, 0) is 41.3 Å². The molecule has 1 nitrogen and oxygen atoms in total. The Morgan fingerprint density at radius 2 is 1.08 bits per heavy atom. The van der Waals surface area contributed by atoms with Crippen LogP contribution in [-0.4, -0.2) is 0 Å².